The Morgan fingerprint density at radius 3 is 2.42 bits per heavy atom. The lowest BCUT2D eigenvalue weighted by atomic mass is 9.87. The first-order chi connectivity index (χ1) is 11.3. The maximum absolute atomic E-state index is 12.9. The average Bonchev–Trinajstić information content (AvgIpc) is 2.54. The van der Waals surface area contributed by atoms with Crippen LogP contribution in [-0.4, -0.2) is 35.2 Å². The first-order valence-corrected chi connectivity index (χ1v) is 8.75. The summed E-state index contributed by atoms with van der Waals surface area (Å²) in [6.45, 7) is 9.55. The van der Waals surface area contributed by atoms with Gasteiger partial charge >= 0.3 is 0 Å². The number of piperidine rings is 1. The van der Waals surface area contributed by atoms with E-state index in [2.05, 4.69) is 38.2 Å². The lowest BCUT2D eigenvalue weighted by molar-refractivity contribution is -0.127. The number of carbonyl (C=O) groups excluding carboxylic acids is 2. The third kappa shape index (κ3) is 3.10. The van der Waals surface area contributed by atoms with Crippen molar-refractivity contribution in [2.45, 2.75) is 52.5 Å². The zero-order valence-electron chi connectivity index (χ0n) is 15.0. The highest BCUT2D eigenvalue weighted by Crippen LogP contribution is 2.37. The SMILES string of the molecule is CC1=CC(C)(C)Nc2c(C(=O)C(=O)N3CCCCC3)cc(C)cc21. The lowest BCUT2D eigenvalue weighted by Crippen LogP contribution is -2.41. The van der Waals surface area contributed by atoms with Crippen molar-refractivity contribution in [1.82, 2.24) is 4.90 Å². The van der Waals surface area contributed by atoms with E-state index in [1.165, 1.54) is 0 Å². The summed E-state index contributed by atoms with van der Waals surface area (Å²) in [5.41, 5.74) is 4.20. The number of aryl methyl sites for hydroxylation is 1. The molecule has 1 amide bonds. The number of allylic oxidation sites excluding steroid dienone is 1. The topological polar surface area (TPSA) is 49.4 Å². The van der Waals surface area contributed by atoms with Crippen LogP contribution >= 0.6 is 0 Å². The number of carbonyl (C=O) groups is 2. The molecule has 0 aromatic heterocycles. The molecule has 2 aliphatic heterocycles. The van der Waals surface area contributed by atoms with Crippen molar-refractivity contribution in [2.75, 3.05) is 18.4 Å². The first-order valence-electron chi connectivity index (χ1n) is 8.75. The highest BCUT2D eigenvalue weighted by molar-refractivity contribution is 6.44. The molecular weight excluding hydrogens is 300 g/mol. The van der Waals surface area contributed by atoms with Gasteiger partial charge in [-0.1, -0.05) is 6.08 Å². The molecule has 0 radical (unpaired) electrons. The molecule has 1 aromatic carbocycles. The molecule has 2 heterocycles. The Morgan fingerprint density at radius 1 is 1.08 bits per heavy atom. The molecule has 1 aromatic rings. The zero-order valence-corrected chi connectivity index (χ0v) is 15.0. The van der Waals surface area contributed by atoms with E-state index in [-0.39, 0.29) is 11.4 Å². The first kappa shape index (κ1) is 16.7. The van der Waals surface area contributed by atoms with Crippen LogP contribution in [0.4, 0.5) is 5.69 Å². The Kier molecular flexibility index (Phi) is 4.24. The normalized spacial score (nSPS) is 19.2. The Bertz CT molecular complexity index is 725. The molecule has 0 saturated carbocycles. The van der Waals surface area contributed by atoms with E-state index in [0.717, 1.165) is 41.6 Å². The molecule has 0 atom stereocenters. The number of nitrogens with zero attached hydrogens (tertiary/aromatic N) is 1. The molecule has 1 saturated heterocycles. The molecule has 0 unspecified atom stereocenters. The smallest absolute Gasteiger partial charge is 0.295 e. The van der Waals surface area contributed by atoms with Crippen molar-refractivity contribution < 1.29 is 9.59 Å². The Balaban J connectivity index is 2.01. The van der Waals surface area contributed by atoms with Crippen LogP contribution in [0.2, 0.25) is 0 Å². The Morgan fingerprint density at radius 2 is 1.75 bits per heavy atom. The highest BCUT2D eigenvalue weighted by Gasteiger charge is 2.31. The molecular formula is C20H26N2O2. The quantitative estimate of drug-likeness (QED) is 0.664. The van der Waals surface area contributed by atoms with Crippen molar-refractivity contribution in [3.63, 3.8) is 0 Å². The minimum Gasteiger partial charge on any atom is -0.376 e. The maximum Gasteiger partial charge on any atom is 0.295 e. The maximum atomic E-state index is 12.9. The van der Waals surface area contributed by atoms with Gasteiger partial charge in [0.15, 0.2) is 0 Å². The van der Waals surface area contributed by atoms with Crippen molar-refractivity contribution in [3.05, 3.63) is 34.9 Å². The second-order valence-electron chi connectivity index (χ2n) is 7.59. The number of amides is 1. The van der Waals surface area contributed by atoms with Gasteiger partial charge in [-0.05, 0) is 70.2 Å². The second-order valence-corrected chi connectivity index (χ2v) is 7.59. The Labute approximate surface area is 143 Å². The zero-order chi connectivity index (χ0) is 17.5. The third-order valence-corrected chi connectivity index (χ3v) is 4.81. The number of fused-ring (bicyclic) bond motifs is 1. The van der Waals surface area contributed by atoms with Gasteiger partial charge in [0.05, 0.1) is 16.8 Å². The molecule has 1 N–H and O–H groups in total. The molecule has 2 aliphatic rings. The second kappa shape index (κ2) is 6.08. The third-order valence-electron chi connectivity index (χ3n) is 4.81. The number of benzene rings is 1. The number of hydrogen-bond donors (Lipinski definition) is 1. The fourth-order valence-electron chi connectivity index (χ4n) is 3.74. The van der Waals surface area contributed by atoms with E-state index in [9.17, 15) is 9.59 Å². The van der Waals surface area contributed by atoms with E-state index < -0.39 is 5.78 Å². The van der Waals surface area contributed by atoms with Gasteiger partial charge < -0.3 is 10.2 Å². The predicted octanol–water partition coefficient (Wildman–Crippen LogP) is 3.80. The predicted molar refractivity (Wildman–Crippen MR) is 97.3 cm³/mol. The van der Waals surface area contributed by atoms with E-state index in [1.54, 1.807) is 4.90 Å². The summed E-state index contributed by atoms with van der Waals surface area (Å²) in [6, 6.07) is 3.91. The van der Waals surface area contributed by atoms with Crippen LogP contribution in [0, 0.1) is 6.92 Å². The van der Waals surface area contributed by atoms with Gasteiger partial charge in [0, 0.05) is 18.7 Å². The van der Waals surface area contributed by atoms with Crippen LogP contribution in [0.15, 0.2) is 18.2 Å². The lowest BCUT2D eigenvalue weighted by Gasteiger charge is -2.33. The fourth-order valence-corrected chi connectivity index (χ4v) is 3.74. The number of ketones is 1. The fraction of sp³-hybridized carbons (Fsp3) is 0.500. The molecule has 0 bridgehead atoms. The van der Waals surface area contributed by atoms with Crippen LogP contribution in [0.1, 0.15) is 61.5 Å². The summed E-state index contributed by atoms with van der Waals surface area (Å²) < 4.78 is 0. The monoisotopic (exact) mass is 326 g/mol. The molecule has 4 heteroatoms. The van der Waals surface area contributed by atoms with Gasteiger partial charge in [0.25, 0.3) is 11.7 Å². The molecule has 1 fully saturated rings. The summed E-state index contributed by atoms with van der Waals surface area (Å²) >= 11 is 0. The standard InChI is InChI=1S/C20H26N2O2/c1-13-10-15-14(2)12-20(3,4)21-17(15)16(11-13)18(23)19(24)22-8-6-5-7-9-22/h10-12,21H,5-9H2,1-4H3. The Hall–Kier alpha value is -2.10. The summed E-state index contributed by atoms with van der Waals surface area (Å²) in [7, 11) is 0. The van der Waals surface area contributed by atoms with Gasteiger partial charge in [0.2, 0.25) is 0 Å². The molecule has 128 valence electrons. The van der Waals surface area contributed by atoms with Crippen molar-refractivity contribution in [2.24, 2.45) is 0 Å². The van der Waals surface area contributed by atoms with E-state index >= 15 is 0 Å². The molecule has 0 spiro atoms. The molecule has 3 rings (SSSR count). The van der Waals surface area contributed by atoms with Crippen LogP contribution in [0.5, 0.6) is 0 Å². The van der Waals surface area contributed by atoms with E-state index in [1.807, 2.05) is 13.0 Å². The summed E-state index contributed by atoms with van der Waals surface area (Å²) in [5, 5.41) is 3.43. The van der Waals surface area contributed by atoms with Crippen molar-refractivity contribution >= 4 is 23.0 Å². The molecule has 4 nitrogen and oxygen atoms in total. The van der Waals surface area contributed by atoms with Crippen molar-refractivity contribution in [3.8, 4) is 0 Å². The van der Waals surface area contributed by atoms with E-state index in [4.69, 9.17) is 0 Å². The number of likely N-dealkylation sites (tertiary alicyclic amines) is 1. The van der Waals surface area contributed by atoms with Gasteiger partial charge in [-0.3, -0.25) is 9.59 Å². The summed E-state index contributed by atoms with van der Waals surface area (Å²) in [6.07, 6.45) is 5.27. The molecule has 24 heavy (non-hydrogen) atoms. The molecule has 0 aliphatic carbocycles. The number of rotatable bonds is 2. The van der Waals surface area contributed by atoms with Crippen LogP contribution < -0.4 is 5.32 Å². The number of Topliss-reactive ketones (excluding diaryl/α,β-unsaturated/α-hetero) is 1. The summed E-state index contributed by atoms with van der Waals surface area (Å²) in [5.74, 6) is -0.760. The van der Waals surface area contributed by atoms with Crippen LogP contribution in [-0.2, 0) is 4.79 Å². The van der Waals surface area contributed by atoms with Crippen molar-refractivity contribution in [1.29, 1.82) is 0 Å². The number of hydrogen-bond acceptors (Lipinski definition) is 3. The van der Waals surface area contributed by atoms with Gasteiger partial charge in [0.1, 0.15) is 0 Å². The van der Waals surface area contributed by atoms with Gasteiger partial charge in [-0.25, -0.2) is 0 Å². The summed E-state index contributed by atoms with van der Waals surface area (Å²) in [4.78, 5) is 27.3. The van der Waals surface area contributed by atoms with E-state index in [0.29, 0.717) is 18.7 Å². The minimum absolute atomic E-state index is 0.241. The highest BCUT2D eigenvalue weighted by atomic mass is 16.2. The average molecular weight is 326 g/mol. The minimum atomic E-state index is -0.394. The number of nitrogens with one attached hydrogen (secondary N) is 1. The number of anilines is 1. The van der Waals surface area contributed by atoms with Gasteiger partial charge in [-0.2, -0.15) is 0 Å². The van der Waals surface area contributed by atoms with Crippen LogP contribution in [0.3, 0.4) is 0 Å². The van der Waals surface area contributed by atoms with Gasteiger partial charge in [-0.15, -0.1) is 0 Å². The largest absolute Gasteiger partial charge is 0.376 e. The van der Waals surface area contributed by atoms with Crippen LogP contribution in [0.25, 0.3) is 5.57 Å².